The molecule has 0 N–H and O–H groups in total. The Morgan fingerprint density at radius 3 is 2.65 bits per heavy atom. The average molecular weight is 283 g/mol. The third-order valence-electron chi connectivity index (χ3n) is 5.20. The van der Waals surface area contributed by atoms with Gasteiger partial charge in [-0.1, -0.05) is 0 Å². The quantitative estimate of drug-likeness (QED) is 0.790. The van der Waals surface area contributed by atoms with Gasteiger partial charge in [-0.15, -0.1) is 0 Å². The second-order valence-electron chi connectivity index (χ2n) is 6.63. The van der Waals surface area contributed by atoms with E-state index in [0.717, 1.165) is 38.8 Å². The molecule has 0 unspecified atom stereocenters. The fourth-order valence-corrected chi connectivity index (χ4v) is 3.93. The first-order valence-corrected chi connectivity index (χ1v) is 8.35. The van der Waals surface area contributed by atoms with Crippen LogP contribution in [-0.4, -0.2) is 62.7 Å². The predicted octanol–water partition coefficient (Wildman–Crippen LogP) is 2.07. The van der Waals surface area contributed by atoms with E-state index in [0.29, 0.717) is 6.10 Å². The monoisotopic (exact) mass is 283 g/mol. The summed E-state index contributed by atoms with van der Waals surface area (Å²) in [5.41, 5.74) is 0.131. The largest absolute Gasteiger partial charge is 0.381 e. The normalized spacial score (nSPS) is 31.9. The van der Waals surface area contributed by atoms with Crippen molar-refractivity contribution in [3.63, 3.8) is 0 Å². The van der Waals surface area contributed by atoms with Crippen LogP contribution in [0.4, 0.5) is 0 Å². The van der Waals surface area contributed by atoms with E-state index < -0.39 is 0 Å². The molecule has 0 radical (unpaired) electrons. The van der Waals surface area contributed by atoms with E-state index in [-0.39, 0.29) is 5.60 Å². The van der Waals surface area contributed by atoms with Crippen LogP contribution in [-0.2, 0) is 14.2 Å². The van der Waals surface area contributed by atoms with Crippen LogP contribution in [0.3, 0.4) is 0 Å². The van der Waals surface area contributed by atoms with Crippen LogP contribution in [0.1, 0.15) is 39.0 Å². The first kappa shape index (κ1) is 14.8. The van der Waals surface area contributed by atoms with E-state index >= 15 is 0 Å². The minimum Gasteiger partial charge on any atom is -0.381 e. The van der Waals surface area contributed by atoms with Crippen molar-refractivity contribution in [3.8, 4) is 0 Å². The molecule has 4 heteroatoms. The van der Waals surface area contributed by atoms with Gasteiger partial charge in [-0.25, -0.2) is 0 Å². The first-order chi connectivity index (χ1) is 9.80. The van der Waals surface area contributed by atoms with Crippen molar-refractivity contribution >= 4 is 0 Å². The van der Waals surface area contributed by atoms with Gasteiger partial charge in [-0.3, -0.25) is 0 Å². The first-order valence-electron chi connectivity index (χ1n) is 8.35. The summed E-state index contributed by atoms with van der Waals surface area (Å²) in [4.78, 5) is 2.64. The molecule has 0 aliphatic carbocycles. The summed E-state index contributed by atoms with van der Waals surface area (Å²) in [5.74, 6) is 0.846. The van der Waals surface area contributed by atoms with E-state index in [2.05, 4.69) is 11.8 Å². The lowest BCUT2D eigenvalue weighted by Gasteiger charge is -2.40. The van der Waals surface area contributed by atoms with Gasteiger partial charge in [0.25, 0.3) is 0 Å². The Labute approximate surface area is 122 Å². The van der Waals surface area contributed by atoms with Gasteiger partial charge < -0.3 is 19.1 Å². The summed E-state index contributed by atoms with van der Waals surface area (Å²) in [6, 6.07) is 0. The number of ether oxygens (including phenoxy) is 3. The number of hydrogen-bond donors (Lipinski definition) is 0. The second kappa shape index (κ2) is 6.73. The molecule has 3 saturated heterocycles. The molecular formula is C16H29NO3. The maximum atomic E-state index is 6.11. The molecule has 3 aliphatic rings. The molecule has 1 spiro atoms. The van der Waals surface area contributed by atoms with Crippen molar-refractivity contribution in [3.05, 3.63) is 0 Å². The van der Waals surface area contributed by atoms with Gasteiger partial charge in [0.1, 0.15) is 0 Å². The van der Waals surface area contributed by atoms with Crippen LogP contribution in [0, 0.1) is 5.92 Å². The van der Waals surface area contributed by atoms with Crippen LogP contribution in [0.25, 0.3) is 0 Å². The molecule has 0 amide bonds. The Morgan fingerprint density at radius 1 is 1.20 bits per heavy atom. The molecule has 3 aliphatic heterocycles. The zero-order valence-electron chi connectivity index (χ0n) is 12.8. The van der Waals surface area contributed by atoms with E-state index in [1.807, 2.05) is 0 Å². The smallest absolute Gasteiger partial charge is 0.0836 e. The van der Waals surface area contributed by atoms with Crippen LogP contribution in [0.2, 0.25) is 0 Å². The highest BCUT2D eigenvalue weighted by Gasteiger charge is 2.43. The molecule has 3 heterocycles. The van der Waals surface area contributed by atoms with Crippen molar-refractivity contribution in [2.75, 3.05) is 46.1 Å². The van der Waals surface area contributed by atoms with E-state index in [9.17, 15) is 0 Å². The Morgan fingerprint density at radius 2 is 1.95 bits per heavy atom. The zero-order chi connectivity index (χ0) is 13.8. The standard InChI is InChI=1S/C16H29NO3/c1-2-19-15-11-16(20-13-15)5-7-17(8-6-16)12-14-3-9-18-10-4-14/h14-15H,2-13H2,1H3/t15-/m0/s1. The number of rotatable bonds is 4. The molecule has 0 saturated carbocycles. The highest BCUT2D eigenvalue weighted by atomic mass is 16.6. The van der Waals surface area contributed by atoms with Crippen LogP contribution >= 0.6 is 0 Å². The van der Waals surface area contributed by atoms with Crippen molar-refractivity contribution in [2.24, 2.45) is 5.92 Å². The number of hydrogen-bond acceptors (Lipinski definition) is 4. The van der Waals surface area contributed by atoms with Gasteiger partial charge in [0, 0.05) is 45.9 Å². The predicted molar refractivity (Wildman–Crippen MR) is 77.9 cm³/mol. The van der Waals surface area contributed by atoms with Gasteiger partial charge >= 0.3 is 0 Å². The minimum atomic E-state index is 0.131. The maximum absolute atomic E-state index is 6.11. The summed E-state index contributed by atoms with van der Waals surface area (Å²) < 4.78 is 17.3. The average Bonchev–Trinajstić information content (AvgIpc) is 2.86. The molecule has 0 aromatic heterocycles. The summed E-state index contributed by atoms with van der Waals surface area (Å²) in [6.45, 7) is 9.24. The maximum Gasteiger partial charge on any atom is 0.0836 e. The topological polar surface area (TPSA) is 30.9 Å². The fraction of sp³-hybridized carbons (Fsp3) is 1.00. The van der Waals surface area contributed by atoms with Gasteiger partial charge in [0.2, 0.25) is 0 Å². The van der Waals surface area contributed by atoms with Crippen LogP contribution < -0.4 is 0 Å². The lowest BCUT2D eigenvalue weighted by Crippen LogP contribution is -2.46. The van der Waals surface area contributed by atoms with Gasteiger partial charge in [0.15, 0.2) is 0 Å². The van der Waals surface area contributed by atoms with Gasteiger partial charge in [-0.2, -0.15) is 0 Å². The van der Waals surface area contributed by atoms with E-state index in [1.54, 1.807) is 0 Å². The molecule has 20 heavy (non-hydrogen) atoms. The number of likely N-dealkylation sites (tertiary alicyclic amines) is 1. The van der Waals surface area contributed by atoms with Crippen molar-refractivity contribution in [1.29, 1.82) is 0 Å². The molecule has 0 bridgehead atoms. The van der Waals surface area contributed by atoms with Crippen molar-refractivity contribution in [2.45, 2.75) is 50.7 Å². The molecule has 1 atom stereocenters. The van der Waals surface area contributed by atoms with E-state index in [4.69, 9.17) is 14.2 Å². The lowest BCUT2D eigenvalue weighted by molar-refractivity contribution is -0.0499. The van der Waals surface area contributed by atoms with E-state index in [1.165, 1.54) is 45.3 Å². The van der Waals surface area contributed by atoms with Crippen molar-refractivity contribution < 1.29 is 14.2 Å². The molecule has 4 nitrogen and oxygen atoms in total. The molecule has 0 aromatic carbocycles. The van der Waals surface area contributed by atoms with Crippen molar-refractivity contribution in [1.82, 2.24) is 4.90 Å². The Kier molecular flexibility index (Phi) is 4.97. The van der Waals surface area contributed by atoms with Gasteiger partial charge in [-0.05, 0) is 38.5 Å². The third-order valence-corrected chi connectivity index (χ3v) is 5.20. The minimum absolute atomic E-state index is 0.131. The van der Waals surface area contributed by atoms with Gasteiger partial charge in [0.05, 0.1) is 18.3 Å². The summed E-state index contributed by atoms with van der Waals surface area (Å²) >= 11 is 0. The molecule has 3 rings (SSSR count). The Balaban J connectivity index is 1.42. The molecular weight excluding hydrogens is 254 g/mol. The Bertz CT molecular complexity index is 296. The second-order valence-corrected chi connectivity index (χ2v) is 6.63. The summed E-state index contributed by atoms with van der Waals surface area (Å²) in [5, 5.41) is 0. The lowest BCUT2D eigenvalue weighted by atomic mass is 9.87. The number of piperidine rings is 1. The zero-order valence-corrected chi connectivity index (χ0v) is 12.8. The highest BCUT2D eigenvalue weighted by Crippen LogP contribution is 2.37. The van der Waals surface area contributed by atoms with Crippen LogP contribution in [0.5, 0.6) is 0 Å². The number of nitrogens with zero attached hydrogens (tertiary/aromatic N) is 1. The summed E-state index contributed by atoms with van der Waals surface area (Å²) in [7, 11) is 0. The molecule has 3 fully saturated rings. The SMILES string of the molecule is CCO[C@@H]1COC2(CCN(CC3CCOCC3)CC2)C1. The highest BCUT2D eigenvalue weighted by molar-refractivity contribution is 4.94. The third kappa shape index (κ3) is 3.53. The molecule has 0 aromatic rings. The fourth-order valence-electron chi connectivity index (χ4n) is 3.93. The summed E-state index contributed by atoms with van der Waals surface area (Å²) in [6.07, 6.45) is 6.28. The Hall–Kier alpha value is -0.160. The van der Waals surface area contributed by atoms with Crippen LogP contribution in [0.15, 0.2) is 0 Å². The molecule has 116 valence electrons.